The molecule has 0 spiro atoms. The van der Waals surface area contributed by atoms with Crippen molar-refractivity contribution in [1.82, 2.24) is 9.80 Å². The van der Waals surface area contributed by atoms with E-state index in [1.807, 2.05) is 0 Å². The molecule has 1 unspecified atom stereocenters. The first-order valence-corrected chi connectivity index (χ1v) is 7.49. The molecular formula is C14H29N3. The van der Waals surface area contributed by atoms with Crippen LogP contribution in [-0.2, 0) is 0 Å². The molecule has 0 aromatic carbocycles. The molecule has 100 valence electrons. The smallest absolute Gasteiger partial charge is 0.0191 e. The maximum absolute atomic E-state index is 5.75. The Morgan fingerprint density at radius 1 is 1.00 bits per heavy atom. The number of nitrogens with two attached hydrogens (primary N) is 1. The average Bonchev–Trinajstić information content (AvgIpc) is 2.67. The summed E-state index contributed by atoms with van der Waals surface area (Å²) in [5, 5.41) is 0. The van der Waals surface area contributed by atoms with E-state index in [1.54, 1.807) is 0 Å². The predicted molar refractivity (Wildman–Crippen MR) is 73.2 cm³/mol. The number of nitrogens with zero attached hydrogens (tertiary/aromatic N) is 2. The van der Waals surface area contributed by atoms with Crippen LogP contribution in [0.1, 0.15) is 45.4 Å². The van der Waals surface area contributed by atoms with Crippen LogP contribution < -0.4 is 5.73 Å². The van der Waals surface area contributed by atoms with E-state index in [4.69, 9.17) is 5.73 Å². The summed E-state index contributed by atoms with van der Waals surface area (Å²) in [4.78, 5) is 5.29. The Bertz CT molecular complexity index is 204. The van der Waals surface area contributed by atoms with Gasteiger partial charge in [-0.3, -0.25) is 9.80 Å². The summed E-state index contributed by atoms with van der Waals surface area (Å²) in [5.41, 5.74) is 5.75. The van der Waals surface area contributed by atoms with Crippen molar-refractivity contribution in [2.24, 2.45) is 5.73 Å². The van der Waals surface area contributed by atoms with Gasteiger partial charge in [0.05, 0.1) is 0 Å². The van der Waals surface area contributed by atoms with Crippen molar-refractivity contribution in [1.29, 1.82) is 0 Å². The second-order valence-electron chi connectivity index (χ2n) is 5.80. The highest BCUT2D eigenvalue weighted by Gasteiger charge is 2.25. The van der Waals surface area contributed by atoms with E-state index in [2.05, 4.69) is 16.7 Å². The molecule has 1 heterocycles. The quantitative estimate of drug-likeness (QED) is 0.761. The highest BCUT2D eigenvalue weighted by atomic mass is 15.3. The van der Waals surface area contributed by atoms with Crippen LogP contribution in [0, 0.1) is 0 Å². The first kappa shape index (κ1) is 13.3. The fourth-order valence-corrected chi connectivity index (χ4v) is 3.32. The average molecular weight is 239 g/mol. The molecule has 3 heteroatoms. The van der Waals surface area contributed by atoms with Gasteiger partial charge in [-0.15, -0.1) is 0 Å². The van der Waals surface area contributed by atoms with Gasteiger partial charge in [-0.05, 0) is 19.8 Å². The van der Waals surface area contributed by atoms with Gasteiger partial charge >= 0.3 is 0 Å². The highest BCUT2D eigenvalue weighted by Crippen LogP contribution is 2.23. The van der Waals surface area contributed by atoms with Gasteiger partial charge in [0.15, 0.2) is 0 Å². The molecule has 0 bridgehead atoms. The normalized spacial score (nSPS) is 27.9. The van der Waals surface area contributed by atoms with E-state index < -0.39 is 0 Å². The lowest BCUT2D eigenvalue weighted by molar-refractivity contribution is 0.0702. The van der Waals surface area contributed by atoms with Crippen LogP contribution in [0.2, 0.25) is 0 Å². The van der Waals surface area contributed by atoms with E-state index in [0.29, 0.717) is 6.04 Å². The largest absolute Gasteiger partial charge is 0.329 e. The molecule has 1 aliphatic heterocycles. The maximum Gasteiger partial charge on any atom is 0.0191 e. The third kappa shape index (κ3) is 3.67. The molecule has 0 amide bonds. The molecule has 0 radical (unpaired) electrons. The molecule has 0 aromatic heterocycles. The van der Waals surface area contributed by atoms with E-state index in [1.165, 1.54) is 64.7 Å². The maximum atomic E-state index is 5.75. The van der Waals surface area contributed by atoms with Crippen molar-refractivity contribution in [3.8, 4) is 0 Å². The topological polar surface area (TPSA) is 32.5 Å². The van der Waals surface area contributed by atoms with E-state index in [9.17, 15) is 0 Å². The lowest BCUT2D eigenvalue weighted by Gasteiger charge is -2.41. The number of hydrogen-bond donors (Lipinski definition) is 1. The third-order valence-electron chi connectivity index (χ3n) is 4.65. The molecule has 1 atom stereocenters. The second kappa shape index (κ2) is 6.72. The minimum absolute atomic E-state index is 0.561. The van der Waals surface area contributed by atoms with Gasteiger partial charge in [-0.1, -0.05) is 25.7 Å². The lowest BCUT2D eigenvalue weighted by atomic mass is 10.1. The summed E-state index contributed by atoms with van der Waals surface area (Å²) >= 11 is 0. The first-order chi connectivity index (χ1) is 8.31. The molecule has 1 aliphatic carbocycles. The zero-order chi connectivity index (χ0) is 12.1. The molecule has 1 saturated heterocycles. The molecule has 17 heavy (non-hydrogen) atoms. The summed E-state index contributed by atoms with van der Waals surface area (Å²) in [6.45, 7) is 8.00. The molecular weight excluding hydrogens is 210 g/mol. The summed E-state index contributed by atoms with van der Waals surface area (Å²) in [6.07, 6.45) is 8.69. The van der Waals surface area contributed by atoms with Crippen molar-refractivity contribution >= 4 is 0 Å². The molecule has 1 saturated carbocycles. The fourth-order valence-electron chi connectivity index (χ4n) is 3.32. The number of hydrogen-bond acceptors (Lipinski definition) is 3. The Kier molecular flexibility index (Phi) is 5.26. The zero-order valence-electron chi connectivity index (χ0n) is 11.4. The molecule has 2 fully saturated rings. The minimum Gasteiger partial charge on any atom is -0.329 e. The van der Waals surface area contributed by atoms with Crippen LogP contribution in [0.25, 0.3) is 0 Å². The number of piperazine rings is 1. The van der Waals surface area contributed by atoms with Gasteiger partial charge in [0.2, 0.25) is 0 Å². The van der Waals surface area contributed by atoms with Crippen LogP contribution in [0.4, 0.5) is 0 Å². The second-order valence-corrected chi connectivity index (χ2v) is 5.80. The van der Waals surface area contributed by atoms with Gasteiger partial charge in [0.25, 0.3) is 0 Å². The highest BCUT2D eigenvalue weighted by molar-refractivity contribution is 4.82. The van der Waals surface area contributed by atoms with Crippen LogP contribution in [-0.4, -0.2) is 54.6 Å². The van der Waals surface area contributed by atoms with Crippen molar-refractivity contribution in [3.05, 3.63) is 0 Å². The summed E-state index contributed by atoms with van der Waals surface area (Å²) in [7, 11) is 0. The van der Waals surface area contributed by atoms with Crippen molar-refractivity contribution in [2.45, 2.75) is 57.5 Å². The summed E-state index contributed by atoms with van der Waals surface area (Å²) in [5.74, 6) is 0. The van der Waals surface area contributed by atoms with E-state index >= 15 is 0 Å². The molecule has 0 aromatic rings. The third-order valence-corrected chi connectivity index (χ3v) is 4.65. The van der Waals surface area contributed by atoms with Crippen molar-refractivity contribution < 1.29 is 0 Å². The summed E-state index contributed by atoms with van der Waals surface area (Å²) in [6, 6.07) is 1.44. The number of rotatable bonds is 3. The van der Waals surface area contributed by atoms with E-state index in [-0.39, 0.29) is 0 Å². The Balaban J connectivity index is 1.77. The molecule has 2 rings (SSSR count). The molecule has 2 aliphatic rings. The Morgan fingerprint density at radius 3 is 2.12 bits per heavy atom. The van der Waals surface area contributed by atoms with Crippen LogP contribution >= 0.6 is 0 Å². The van der Waals surface area contributed by atoms with Crippen LogP contribution in [0.3, 0.4) is 0 Å². The van der Waals surface area contributed by atoms with E-state index in [0.717, 1.165) is 12.6 Å². The Morgan fingerprint density at radius 2 is 1.59 bits per heavy atom. The molecule has 2 N–H and O–H groups in total. The van der Waals surface area contributed by atoms with Crippen molar-refractivity contribution in [2.75, 3.05) is 32.7 Å². The Hall–Kier alpha value is -0.120. The molecule has 3 nitrogen and oxygen atoms in total. The van der Waals surface area contributed by atoms with Gasteiger partial charge in [0, 0.05) is 44.8 Å². The minimum atomic E-state index is 0.561. The van der Waals surface area contributed by atoms with Gasteiger partial charge in [-0.2, -0.15) is 0 Å². The SMILES string of the molecule is CC(CN)N1CCN(C2CCCCCC2)CC1. The van der Waals surface area contributed by atoms with Crippen molar-refractivity contribution in [3.63, 3.8) is 0 Å². The first-order valence-electron chi connectivity index (χ1n) is 7.49. The summed E-state index contributed by atoms with van der Waals surface area (Å²) < 4.78 is 0. The van der Waals surface area contributed by atoms with Crippen LogP contribution in [0.5, 0.6) is 0 Å². The Labute approximate surface area is 106 Å². The standard InChI is InChI=1S/C14H29N3/c1-13(12-15)16-8-10-17(11-9-16)14-6-4-2-3-5-7-14/h13-14H,2-12,15H2,1H3. The van der Waals surface area contributed by atoms with Gasteiger partial charge in [-0.25, -0.2) is 0 Å². The van der Waals surface area contributed by atoms with Gasteiger partial charge in [0.1, 0.15) is 0 Å². The monoisotopic (exact) mass is 239 g/mol. The lowest BCUT2D eigenvalue weighted by Crippen LogP contribution is -2.53. The van der Waals surface area contributed by atoms with Crippen LogP contribution in [0.15, 0.2) is 0 Å². The van der Waals surface area contributed by atoms with Gasteiger partial charge < -0.3 is 5.73 Å². The zero-order valence-corrected chi connectivity index (χ0v) is 11.4. The fraction of sp³-hybridized carbons (Fsp3) is 1.00. The predicted octanol–water partition coefficient (Wildman–Crippen LogP) is 1.67.